The maximum atomic E-state index is 13.2. The van der Waals surface area contributed by atoms with Gasteiger partial charge in [-0.1, -0.05) is 18.2 Å². The van der Waals surface area contributed by atoms with E-state index < -0.39 is 5.91 Å². The third-order valence-electron chi connectivity index (χ3n) is 5.30. The molecule has 0 aliphatic carbocycles. The summed E-state index contributed by atoms with van der Waals surface area (Å²) in [5, 5.41) is 0. The number of hydrogen-bond donors (Lipinski definition) is 1. The number of amides is 1. The zero-order chi connectivity index (χ0) is 22.3. The van der Waals surface area contributed by atoms with E-state index in [2.05, 4.69) is 9.97 Å². The number of imidazole rings is 1. The largest absolute Gasteiger partial charge is 0.493 e. The lowest BCUT2D eigenvalue weighted by molar-refractivity contribution is 0.0997. The lowest BCUT2D eigenvalue weighted by Crippen LogP contribution is -2.21. The molecule has 2 N–H and O–H groups in total. The summed E-state index contributed by atoms with van der Waals surface area (Å²) in [6, 6.07) is 13.0. The van der Waals surface area contributed by atoms with Gasteiger partial charge in [-0.05, 0) is 56.2 Å². The van der Waals surface area contributed by atoms with E-state index in [-0.39, 0.29) is 22.7 Å². The molecule has 0 spiro atoms. The Labute approximate surface area is 178 Å². The Balaban J connectivity index is 2.10. The lowest BCUT2D eigenvalue weighted by atomic mass is 10.1. The highest BCUT2D eigenvalue weighted by Gasteiger charge is 2.23. The minimum atomic E-state index is -0.740. The fourth-order valence-corrected chi connectivity index (χ4v) is 3.57. The summed E-state index contributed by atoms with van der Waals surface area (Å²) >= 11 is 0. The Morgan fingerprint density at radius 1 is 1.10 bits per heavy atom. The summed E-state index contributed by atoms with van der Waals surface area (Å²) in [4.78, 5) is 34.6. The van der Waals surface area contributed by atoms with Gasteiger partial charge in [-0.25, -0.2) is 19.3 Å². The van der Waals surface area contributed by atoms with E-state index in [4.69, 9.17) is 10.5 Å². The Kier molecular flexibility index (Phi) is 5.06. The quantitative estimate of drug-likeness (QED) is 0.538. The predicted molar refractivity (Wildman–Crippen MR) is 119 cm³/mol. The van der Waals surface area contributed by atoms with Crippen LogP contribution in [0.1, 0.15) is 28.5 Å². The summed E-state index contributed by atoms with van der Waals surface area (Å²) in [7, 11) is 1.58. The Morgan fingerprint density at radius 2 is 1.84 bits per heavy atom. The number of hydrogen-bond acceptors (Lipinski definition) is 5. The van der Waals surface area contributed by atoms with Crippen molar-refractivity contribution in [3.8, 4) is 22.8 Å². The number of carbonyl (C=O) groups excluding carboxylic acids is 1. The molecule has 4 rings (SSSR count). The van der Waals surface area contributed by atoms with Crippen LogP contribution in [-0.2, 0) is 7.05 Å². The number of aromatic nitrogens is 4. The first-order chi connectivity index (χ1) is 14.8. The van der Waals surface area contributed by atoms with E-state index in [1.54, 1.807) is 19.2 Å². The molecule has 0 aliphatic heterocycles. The fraction of sp³-hybridized carbons (Fsp3) is 0.217. The number of para-hydroxylation sites is 1. The minimum absolute atomic E-state index is 0.0199. The van der Waals surface area contributed by atoms with Crippen LogP contribution < -0.4 is 16.2 Å². The predicted octanol–water partition coefficient (Wildman–Crippen LogP) is 2.90. The van der Waals surface area contributed by atoms with Gasteiger partial charge in [0.05, 0.1) is 17.9 Å². The van der Waals surface area contributed by atoms with Crippen molar-refractivity contribution in [2.24, 2.45) is 12.8 Å². The number of nitrogens with zero attached hydrogens (tertiary/aromatic N) is 4. The van der Waals surface area contributed by atoms with Gasteiger partial charge in [0, 0.05) is 7.05 Å². The van der Waals surface area contributed by atoms with Crippen LogP contribution in [0.4, 0.5) is 0 Å². The van der Waals surface area contributed by atoms with Gasteiger partial charge in [-0.15, -0.1) is 0 Å². The molecular weight excluding hydrogens is 394 g/mol. The van der Waals surface area contributed by atoms with Crippen molar-refractivity contribution >= 4 is 17.1 Å². The van der Waals surface area contributed by atoms with Crippen LogP contribution in [0.25, 0.3) is 28.2 Å². The van der Waals surface area contributed by atoms with Gasteiger partial charge in [-0.2, -0.15) is 0 Å². The first-order valence-corrected chi connectivity index (χ1v) is 9.92. The summed E-state index contributed by atoms with van der Waals surface area (Å²) < 4.78 is 8.53. The molecule has 4 aromatic rings. The monoisotopic (exact) mass is 417 g/mol. The molecule has 2 heterocycles. The average molecular weight is 417 g/mol. The maximum absolute atomic E-state index is 13.2. The second-order valence-corrected chi connectivity index (χ2v) is 7.31. The van der Waals surface area contributed by atoms with Crippen LogP contribution in [-0.4, -0.2) is 31.6 Å². The SMILES string of the molecule is CCOc1ccccc1-c1nc(C(N)=O)c2c(n1)n(-c1ccc(C)c(C)c1)c(=O)n2C. The highest BCUT2D eigenvalue weighted by atomic mass is 16.5. The van der Waals surface area contributed by atoms with Gasteiger partial charge in [0.1, 0.15) is 11.3 Å². The van der Waals surface area contributed by atoms with Gasteiger partial charge >= 0.3 is 5.69 Å². The molecule has 8 nitrogen and oxygen atoms in total. The topological polar surface area (TPSA) is 105 Å². The van der Waals surface area contributed by atoms with Crippen LogP contribution in [0.5, 0.6) is 5.75 Å². The molecule has 0 atom stereocenters. The van der Waals surface area contributed by atoms with Crippen LogP contribution in [0, 0.1) is 13.8 Å². The van der Waals surface area contributed by atoms with Crippen LogP contribution in [0.3, 0.4) is 0 Å². The van der Waals surface area contributed by atoms with E-state index in [9.17, 15) is 9.59 Å². The number of ether oxygens (including phenoxy) is 1. The van der Waals surface area contributed by atoms with Gasteiger partial charge in [-0.3, -0.25) is 9.36 Å². The maximum Gasteiger partial charge on any atom is 0.334 e. The summed E-state index contributed by atoms with van der Waals surface area (Å²) in [6.07, 6.45) is 0. The first kappa shape index (κ1) is 20.3. The average Bonchev–Trinajstić information content (AvgIpc) is 3.00. The summed E-state index contributed by atoms with van der Waals surface area (Å²) in [5.41, 5.74) is 9.28. The number of rotatable bonds is 5. The van der Waals surface area contributed by atoms with E-state index in [1.807, 2.05) is 51.1 Å². The molecule has 1 amide bonds. The molecule has 31 heavy (non-hydrogen) atoms. The molecule has 0 bridgehead atoms. The number of aryl methyl sites for hydroxylation is 3. The summed E-state index contributed by atoms with van der Waals surface area (Å²) in [6.45, 7) is 6.31. The number of benzene rings is 2. The number of primary amides is 1. The Morgan fingerprint density at radius 3 is 2.52 bits per heavy atom. The zero-order valence-electron chi connectivity index (χ0n) is 17.8. The third kappa shape index (κ3) is 3.35. The molecular formula is C23H23N5O3. The highest BCUT2D eigenvalue weighted by Crippen LogP contribution is 2.30. The molecule has 0 fully saturated rings. The van der Waals surface area contributed by atoms with Crippen LogP contribution in [0.15, 0.2) is 47.3 Å². The van der Waals surface area contributed by atoms with E-state index in [0.717, 1.165) is 11.1 Å². The van der Waals surface area contributed by atoms with Gasteiger partial charge < -0.3 is 10.5 Å². The van der Waals surface area contributed by atoms with Crippen molar-refractivity contribution in [3.63, 3.8) is 0 Å². The fourth-order valence-electron chi connectivity index (χ4n) is 3.57. The minimum Gasteiger partial charge on any atom is -0.493 e. The van der Waals surface area contributed by atoms with Gasteiger partial charge in [0.15, 0.2) is 17.2 Å². The Hall–Kier alpha value is -3.94. The normalized spacial score (nSPS) is 11.1. The molecule has 158 valence electrons. The smallest absolute Gasteiger partial charge is 0.334 e. The number of carbonyl (C=O) groups is 1. The van der Waals surface area contributed by atoms with Crippen LogP contribution in [0.2, 0.25) is 0 Å². The zero-order valence-corrected chi connectivity index (χ0v) is 17.8. The number of fused-ring (bicyclic) bond motifs is 1. The van der Waals surface area contributed by atoms with Crippen molar-refractivity contribution in [2.45, 2.75) is 20.8 Å². The van der Waals surface area contributed by atoms with Crippen molar-refractivity contribution in [2.75, 3.05) is 6.61 Å². The molecule has 8 heteroatoms. The third-order valence-corrected chi connectivity index (χ3v) is 5.30. The van der Waals surface area contributed by atoms with E-state index in [1.165, 1.54) is 9.13 Å². The molecule has 0 aliphatic rings. The van der Waals surface area contributed by atoms with Crippen molar-refractivity contribution in [1.82, 2.24) is 19.1 Å². The van der Waals surface area contributed by atoms with Crippen LogP contribution >= 0.6 is 0 Å². The van der Waals surface area contributed by atoms with Crippen molar-refractivity contribution in [1.29, 1.82) is 0 Å². The molecule has 0 radical (unpaired) electrons. The van der Waals surface area contributed by atoms with E-state index >= 15 is 0 Å². The number of nitrogens with two attached hydrogens (primary N) is 1. The molecule has 0 saturated carbocycles. The second-order valence-electron chi connectivity index (χ2n) is 7.31. The molecule has 0 unspecified atom stereocenters. The van der Waals surface area contributed by atoms with Gasteiger partial charge in [0.2, 0.25) is 0 Å². The van der Waals surface area contributed by atoms with Gasteiger partial charge in [0.25, 0.3) is 5.91 Å². The molecule has 0 saturated heterocycles. The molecule has 2 aromatic heterocycles. The summed E-state index contributed by atoms with van der Waals surface area (Å²) in [5.74, 6) is 0.0969. The van der Waals surface area contributed by atoms with Crippen molar-refractivity contribution < 1.29 is 9.53 Å². The first-order valence-electron chi connectivity index (χ1n) is 9.92. The second kappa shape index (κ2) is 7.71. The molecule has 2 aromatic carbocycles. The van der Waals surface area contributed by atoms with E-state index in [0.29, 0.717) is 29.3 Å². The lowest BCUT2D eigenvalue weighted by Gasteiger charge is -2.11. The Bertz CT molecular complexity index is 1380. The van der Waals surface area contributed by atoms with Crippen molar-refractivity contribution in [3.05, 3.63) is 69.8 Å². The standard InChI is InChI=1S/C23H23N5O3/c1-5-31-17-9-7-6-8-16(17)21-25-18(20(24)29)19-22(26-21)28(23(30)27(19)4)15-11-10-13(2)14(3)12-15/h6-12H,5H2,1-4H3,(H2,24,29). The highest BCUT2D eigenvalue weighted by molar-refractivity contribution is 6.02.